The number of rotatable bonds is 5. The van der Waals surface area contributed by atoms with Crippen LogP contribution >= 0.6 is 15.9 Å². The highest BCUT2D eigenvalue weighted by molar-refractivity contribution is 9.09. The molecule has 0 saturated carbocycles. The van der Waals surface area contributed by atoms with E-state index in [0.29, 0.717) is 12.1 Å². The Balaban J connectivity index is 2.50. The van der Waals surface area contributed by atoms with Gasteiger partial charge in [-0.25, -0.2) is 0 Å². The van der Waals surface area contributed by atoms with Crippen molar-refractivity contribution in [1.29, 1.82) is 0 Å². The number of carbonyl (C=O) groups is 1. The van der Waals surface area contributed by atoms with Crippen LogP contribution in [0.2, 0.25) is 0 Å². The minimum Gasteiger partial charge on any atom is -0.508 e. The van der Waals surface area contributed by atoms with Gasteiger partial charge in [-0.05, 0) is 37.5 Å². The Bertz CT molecular complexity index is 366. The number of hydrogen-bond donors (Lipinski definition) is 2. The second kappa shape index (κ2) is 6.53. The van der Waals surface area contributed by atoms with Gasteiger partial charge in [0.25, 0.3) is 5.91 Å². The molecule has 4 heteroatoms. The maximum Gasteiger partial charge on any atom is 0.251 e. The van der Waals surface area contributed by atoms with Gasteiger partial charge in [0.2, 0.25) is 0 Å². The molecule has 0 aliphatic rings. The van der Waals surface area contributed by atoms with Crippen LogP contribution in [0.3, 0.4) is 0 Å². The molecule has 0 aliphatic carbocycles. The predicted octanol–water partition coefficient (Wildman–Crippen LogP) is 2.61. The molecule has 1 aromatic rings. The van der Waals surface area contributed by atoms with E-state index in [1.54, 1.807) is 19.1 Å². The summed E-state index contributed by atoms with van der Waals surface area (Å²) >= 11 is 3.33. The van der Waals surface area contributed by atoms with Gasteiger partial charge in [-0.3, -0.25) is 4.79 Å². The van der Waals surface area contributed by atoms with Gasteiger partial charge in [0.05, 0.1) is 0 Å². The van der Waals surface area contributed by atoms with Crippen LogP contribution in [0.15, 0.2) is 18.2 Å². The van der Waals surface area contributed by atoms with E-state index in [9.17, 15) is 9.90 Å². The highest BCUT2D eigenvalue weighted by Crippen LogP contribution is 2.17. The van der Waals surface area contributed by atoms with Crippen molar-refractivity contribution in [3.8, 4) is 5.75 Å². The predicted molar refractivity (Wildman–Crippen MR) is 68.2 cm³/mol. The maximum atomic E-state index is 11.6. The number of unbranched alkanes of at least 4 members (excludes halogenated alkanes) is 1. The molecule has 1 aromatic carbocycles. The van der Waals surface area contributed by atoms with Crippen LogP contribution < -0.4 is 5.32 Å². The van der Waals surface area contributed by atoms with Crippen LogP contribution in [0, 0.1) is 6.92 Å². The van der Waals surface area contributed by atoms with E-state index >= 15 is 0 Å². The summed E-state index contributed by atoms with van der Waals surface area (Å²) < 4.78 is 0. The molecule has 88 valence electrons. The number of carbonyl (C=O) groups excluding carboxylic acids is 1. The molecule has 1 rings (SSSR count). The normalized spacial score (nSPS) is 10.1. The lowest BCUT2D eigenvalue weighted by Crippen LogP contribution is -2.24. The zero-order valence-corrected chi connectivity index (χ0v) is 10.9. The molecule has 0 aromatic heterocycles. The second-order valence-electron chi connectivity index (χ2n) is 3.65. The lowest BCUT2D eigenvalue weighted by atomic mass is 10.1. The Labute approximate surface area is 104 Å². The smallest absolute Gasteiger partial charge is 0.251 e. The minimum absolute atomic E-state index is 0.134. The van der Waals surface area contributed by atoms with E-state index in [1.807, 2.05) is 0 Å². The fourth-order valence-electron chi connectivity index (χ4n) is 1.27. The molecule has 0 heterocycles. The van der Waals surface area contributed by atoms with Crippen molar-refractivity contribution in [2.75, 3.05) is 11.9 Å². The summed E-state index contributed by atoms with van der Waals surface area (Å²) in [5.74, 6) is 0.0259. The number of phenolic OH excluding ortho intramolecular Hbond substituents is 1. The topological polar surface area (TPSA) is 49.3 Å². The fraction of sp³-hybridized carbons (Fsp3) is 0.417. The van der Waals surface area contributed by atoms with E-state index in [2.05, 4.69) is 21.2 Å². The quantitative estimate of drug-likeness (QED) is 0.645. The maximum absolute atomic E-state index is 11.6. The Morgan fingerprint density at radius 2 is 2.19 bits per heavy atom. The third-order valence-electron chi connectivity index (χ3n) is 2.32. The van der Waals surface area contributed by atoms with Crippen molar-refractivity contribution >= 4 is 21.8 Å². The summed E-state index contributed by atoms with van der Waals surface area (Å²) in [6.45, 7) is 2.46. The molecule has 3 nitrogen and oxygen atoms in total. The van der Waals surface area contributed by atoms with Crippen molar-refractivity contribution in [2.45, 2.75) is 19.8 Å². The number of amides is 1. The monoisotopic (exact) mass is 285 g/mol. The molecule has 0 fully saturated rings. The van der Waals surface area contributed by atoms with Crippen LogP contribution in [0.25, 0.3) is 0 Å². The molecule has 2 N–H and O–H groups in total. The first-order chi connectivity index (χ1) is 7.65. The van der Waals surface area contributed by atoms with Crippen molar-refractivity contribution in [1.82, 2.24) is 5.32 Å². The lowest BCUT2D eigenvalue weighted by Gasteiger charge is -2.06. The molecule has 1 amide bonds. The standard InChI is InChI=1S/C12H16BrNO2/c1-9-4-5-10(8-11(9)15)12(16)14-7-3-2-6-13/h4-5,8,15H,2-3,6-7H2,1H3,(H,14,16). The molecule has 0 unspecified atom stereocenters. The molecule has 16 heavy (non-hydrogen) atoms. The molecular weight excluding hydrogens is 270 g/mol. The van der Waals surface area contributed by atoms with Crippen LogP contribution in [-0.2, 0) is 0 Å². The molecule has 0 saturated heterocycles. The van der Waals surface area contributed by atoms with Gasteiger partial charge in [0, 0.05) is 17.4 Å². The van der Waals surface area contributed by atoms with Gasteiger partial charge in [-0.15, -0.1) is 0 Å². The third-order valence-corrected chi connectivity index (χ3v) is 2.88. The van der Waals surface area contributed by atoms with Gasteiger partial charge in [0.1, 0.15) is 5.75 Å². The SMILES string of the molecule is Cc1ccc(C(=O)NCCCCBr)cc1O. The highest BCUT2D eigenvalue weighted by atomic mass is 79.9. The molecule has 0 bridgehead atoms. The Hall–Kier alpha value is -1.03. The Morgan fingerprint density at radius 1 is 1.44 bits per heavy atom. The van der Waals surface area contributed by atoms with Gasteiger partial charge in [-0.1, -0.05) is 22.0 Å². The van der Waals surface area contributed by atoms with Crippen LogP contribution in [0.4, 0.5) is 0 Å². The fourth-order valence-corrected chi connectivity index (χ4v) is 1.67. The number of phenols is 1. The van der Waals surface area contributed by atoms with Crippen molar-refractivity contribution < 1.29 is 9.90 Å². The first-order valence-corrected chi connectivity index (χ1v) is 6.41. The van der Waals surface area contributed by atoms with Crippen molar-refractivity contribution in [3.05, 3.63) is 29.3 Å². The summed E-state index contributed by atoms with van der Waals surface area (Å²) in [6, 6.07) is 4.95. The van der Waals surface area contributed by atoms with Crippen LogP contribution in [0.5, 0.6) is 5.75 Å². The van der Waals surface area contributed by atoms with Gasteiger partial charge < -0.3 is 10.4 Å². The Morgan fingerprint density at radius 3 is 2.81 bits per heavy atom. The average molecular weight is 286 g/mol. The average Bonchev–Trinajstić information content (AvgIpc) is 2.28. The number of nitrogens with one attached hydrogen (secondary N) is 1. The van der Waals surface area contributed by atoms with E-state index in [4.69, 9.17) is 0 Å². The van der Waals surface area contributed by atoms with Crippen molar-refractivity contribution in [2.24, 2.45) is 0 Å². The number of aryl methyl sites for hydroxylation is 1. The van der Waals surface area contributed by atoms with E-state index in [0.717, 1.165) is 23.7 Å². The highest BCUT2D eigenvalue weighted by Gasteiger charge is 2.06. The number of halogens is 1. The first kappa shape index (κ1) is 13.0. The molecule has 0 atom stereocenters. The second-order valence-corrected chi connectivity index (χ2v) is 4.45. The summed E-state index contributed by atoms with van der Waals surface area (Å²) in [4.78, 5) is 11.6. The van der Waals surface area contributed by atoms with Gasteiger partial charge in [0.15, 0.2) is 0 Å². The summed E-state index contributed by atoms with van der Waals surface area (Å²) in [5.41, 5.74) is 1.28. The Kier molecular flexibility index (Phi) is 5.32. The van der Waals surface area contributed by atoms with E-state index in [1.165, 1.54) is 6.07 Å². The van der Waals surface area contributed by atoms with Gasteiger partial charge in [-0.2, -0.15) is 0 Å². The molecule has 0 aliphatic heterocycles. The van der Waals surface area contributed by atoms with Crippen molar-refractivity contribution in [3.63, 3.8) is 0 Å². The van der Waals surface area contributed by atoms with Crippen LogP contribution in [0.1, 0.15) is 28.8 Å². The summed E-state index contributed by atoms with van der Waals surface area (Å²) in [6.07, 6.45) is 1.99. The first-order valence-electron chi connectivity index (χ1n) is 5.29. The lowest BCUT2D eigenvalue weighted by molar-refractivity contribution is 0.0953. The molecular formula is C12H16BrNO2. The van der Waals surface area contributed by atoms with Gasteiger partial charge >= 0.3 is 0 Å². The number of alkyl halides is 1. The number of hydrogen-bond acceptors (Lipinski definition) is 2. The number of aromatic hydroxyl groups is 1. The number of benzene rings is 1. The zero-order chi connectivity index (χ0) is 12.0. The minimum atomic E-state index is -0.134. The van der Waals surface area contributed by atoms with Crippen LogP contribution in [-0.4, -0.2) is 22.9 Å². The third kappa shape index (κ3) is 3.85. The molecule has 0 radical (unpaired) electrons. The summed E-state index contributed by atoms with van der Waals surface area (Å²) in [7, 11) is 0. The van der Waals surface area contributed by atoms with E-state index < -0.39 is 0 Å². The largest absolute Gasteiger partial charge is 0.508 e. The van der Waals surface area contributed by atoms with E-state index in [-0.39, 0.29) is 11.7 Å². The zero-order valence-electron chi connectivity index (χ0n) is 9.29. The molecule has 0 spiro atoms. The summed E-state index contributed by atoms with van der Waals surface area (Å²) in [5, 5.41) is 13.2.